The molecule has 11 heteroatoms. The third-order valence-corrected chi connectivity index (χ3v) is 7.95. The molecule has 164 valence electrons. The molecule has 0 bridgehead atoms. The molecule has 6 nitrogen and oxygen atoms in total. The number of nitro groups is 1. The van der Waals surface area contributed by atoms with Crippen LogP contribution >= 0.6 is 19.0 Å². The van der Waals surface area contributed by atoms with Crippen molar-refractivity contribution >= 4 is 30.0 Å². The van der Waals surface area contributed by atoms with Crippen LogP contribution in [-0.4, -0.2) is 17.2 Å². The lowest BCUT2D eigenvalue weighted by atomic mass is 10.2. The Balaban J connectivity index is 2.53. The summed E-state index contributed by atoms with van der Waals surface area (Å²) in [6.07, 6.45) is -4.12. The van der Waals surface area contributed by atoms with Gasteiger partial charge in [-0.05, 0) is 37.6 Å². The highest BCUT2D eigenvalue weighted by Gasteiger charge is 2.38. The van der Waals surface area contributed by atoms with Crippen molar-refractivity contribution in [3.63, 3.8) is 0 Å². The Labute approximate surface area is 176 Å². The number of halogens is 4. The minimum Gasteiger partial charge on any atom is -0.456 e. The van der Waals surface area contributed by atoms with E-state index >= 15 is 0 Å². The van der Waals surface area contributed by atoms with Crippen LogP contribution in [0.25, 0.3) is 0 Å². The molecule has 0 fully saturated rings. The van der Waals surface area contributed by atoms with Crippen LogP contribution < -0.4 is 10.0 Å². The van der Waals surface area contributed by atoms with Gasteiger partial charge in [-0.15, -0.1) is 0 Å². The minimum absolute atomic E-state index is 0.0282. The molecule has 2 atom stereocenters. The smallest absolute Gasteiger partial charge is 0.416 e. The lowest BCUT2D eigenvalue weighted by molar-refractivity contribution is -0.383. The zero-order valence-electron chi connectivity index (χ0n) is 16.4. The number of hydrogen-bond acceptors (Lipinski definition) is 5. The first kappa shape index (κ1) is 24.2. The SMILES string of the molecule is CCOP(=O)(c1cc(Oc2ccc(C(F)(F)F)cc2Cl)ccc1[N+](=O)[O-])C(C)CC. The van der Waals surface area contributed by atoms with E-state index in [-0.39, 0.29) is 28.4 Å². The van der Waals surface area contributed by atoms with Gasteiger partial charge in [-0.2, -0.15) is 13.2 Å². The van der Waals surface area contributed by atoms with E-state index in [1.165, 1.54) is 12.1 Å². The van der Waals surface area contributed by atoms with Gasteiger partial charge in [-0.25, -0.2) is 0 Å². The van der Waals surface area contributed by atoms with Crippen molar-refractivity contribution in [3.8, 4) is 11.5 Å². The maximum Gasteiger partial charge on any atom is 0.416 e. The Morgan fingerprint density at radius 2 is 1.87 bits per heavy atom. The summed E-state index contributed by atoms with van der Waals surface area (Å²) < 4.78 is 63.0. The monoisotopic (exact) mass is 465 g/mol. The van der Waals surface area contributed by atoms with Crippen molar-refractivity contribution in [2.45, 2.75) is 39.0 Å². The fourth-order valence-electron chi connectivity index (χ4n) is 2.72. The number of benzene rings is 2. The maximum atomic E-state index is 13.6. The Morgan fingerprint density at radius 1 is 1.20 bits per heavy atom. The van der Waals surface area contributed by atoms with Gasteiger partial charge in [0, 0.05) is 17.8 Å². The number of ether oxygens (including phenoxy) is 1. The number of nitrogens with zero attached hydrogens (tertiary/aromatic N) is 1. The minimum atomic E-state index is -4.57. The maximum absolute atomic E-state index is 13.6. The van der Waals surface area contributed by atoms with Crippen molar-refractivity contribution in [2.24, 2.45) is 0 Å². The molecule has 30 heavy (non-hydrogen) atoms. The van der Waals surface area contributed by atoms with E-state index in [0.717, 1.165) is 18.2 Å². The molecule has 0 heterocycles. The van der Waals surface area contributed by atoms with Gasteiger partial charge >= 0.3 is 6.18 Å². The highest BCUT2D eigenvalue weighted by atomic mass is 35.5. The van der Waals surface area contributed by atoms with E-state index in [9.17, 15) is 27.9 Å². The predicted octanol–water partition coefficient (Wildman–Crippen LogP) is 6.80. The number of nitro benzene ring substituents is 1. The Bertz CT molecular complexity index is 983. The van der Waals surface area contributed by atoms with Crippen LogP contribution in [0.3, 0.4) is 0 Å². The molecule has 0 aliphatic carbocycles. The lowest BCUT2D eigenvalue weighted by Crippen LogP contribution is -2.20. The van der Waals surface area contributed by atoms with Gasteiger partial charge < -0.3 is 9.26 Å². The molecule has 0 amide bonds. The number of rotatable bonds is 8. The van der Waals surface area contributed by atoms with Crippen molar-refractivity contribution < 1.29 is 31.9 Å². The molecule has 2 aromatic rings. The third kappa shape index (κ3) is 5.14. The van der Waals surface area contributed by atoms with Crippen molar-refractivity contribution in [2.75, 3.05) is 6.61 Å². The van der Waals surface area contributed by atoms with Gasteiger partial charge in [-0.1, -0.05) is 25.4 Å². The van der Waals surface area contributed by atoms with Crippen LogP contribution in [0.15, 0.2) is 36.4 Å². The summed E-state index contributed by atoms with van der Waals surface area (Å²) in [5.74, 6) is -0.0558. The van der Waals surface area contributed by atoms with Crippen LogP contribution in [-0.2, 0) is 15.3 Å². The second kappa shape index (κ2) is 9.37. The molecule has 0 saturated heterocycles. The van der Waals surface area contributed by atoms with E-state index in [1.54, 1.807) is 20.8 Å². The average Bonchev–Trinajstić information content (AvgIpc) is 2.67. The van der Waals surface area contributed by atoms with E-state index in [1.807, 2.05) is 0 Å². The summed E-state index contributed by atoms with van der Waals surface area (Å²) in [5.41, 5.74) is -1.83. The van der Waals surface area contributed by atoms with Crippen LogP contribution in [0.4, 0.5) is 18.9 Å². The summed E-state index contributed by atoms with van der Waals surface area (Å²) >= 11 is 5.91. The topological polar surface area (TPSA) is 78.7 Å². The molecule has 0 saturated carbocycles. The van der Waals surface area contributed by atoms with Gasteiger partial charge in [0.25, 0.3) is 5.69 Å². The lowest BCUT2D eigenvalue weighted by Gasteiger charge is -2.24. The van der Waals surface area contributed by atoms with Crippen molar-refractivity contribution in [3.05, 3.63) is 57.1 Å². The summed E-state index contributed by atoms with van der Waals surface area (Å²) in [7, 11) is -3.63. The number of hydrogen-bond donors (Lipinski definition) is 0. The van der Waals surface area contributed by atoms with Gasteiger partial charge in [0.1, 0.15) is 16.8 Å². The molecule has 0 aromatic heterocycles. The molecule has 0 spiro atoms. The van der Waals surface area contributed by atoms with E-state index in [2.05, 4.69) is 0 Å². The van der Waals surface area contributed by atoms with Gasteiger partial charge in [0.15, 0.2) is 0 Å². The Kier molecular flexibility index (Phi) is 7.55. The van der Waals surface area contributed by atoms with E-state index < -0.39 is 35.4 Å². The second-order valence-corrected chi connectivity index (χ2v) is 9.65. The second-order valence-electron chi connectivity index (χ2n) is 6.42. The Morgan fingerprint density at radius 3 is 2.37 bits per heavy atom. The first-order valence-electron chi connectivity index (χ1n) is 9.01. The normalized spacial score (nSPS) is 14.8. The van der Waals surface area contributed by atoms with Gasteiger partial charge in [0.05, 0.1) is 22.1 Å². The first-order chi connectivity index (χ1) is 13.9. The van der Waals surface area contributed by atoms with E-state index in [4.69, 9.17) is 20.9 Å². The van der Waals surface area contributed by atoms with E-state index in [0.29, 0.717) is 12.5 Å². The predicted molar refractivity (Wildman–Crippen MR) is 108 cm³/mol. The highest BCUT2D eigenvalue weighted by molar-refractivity contribution is 7.68. The molecule has 0 aliphatic rings. The molecule has 0 aliphatic heterocycles. The summed E-state index contributed by atoms with van der Waals surface area (Å²) in [4.78, 5) is 10.8. The highest BCUT2D eigenvalue weighted by Crippen LogP contribution is 2.54. The molecule has 0 N–H and O–H groups in total. The molecular weight excluding hydrogens is 446 g/mol. The molecular formula is C19H20ClF3NO5P. The summed E-state index contributed by atoms with van der Waals surface area (Å²) in [6.45, 7) is 5.16. The molecule has 2 unspecified atom stereocenters. The summed E-state index contributed by atoms with van der Waals surface area (Å²) in [5, 5.41) is 11.1. The Hall–Kier alpha value is -2.09. The molecule has 2 aromatic carbocycles. The largest absolute Gasteiger partial charge is 0.456 e. The molecule has 2 rings (SSSR count). The first-order valence-corrected chi connectivity index (χ1v) is 11.1. The number of alkyl halides is 3. The average molecular weight is 466 g/mol. The molecule has 0 radical (unpaired) electrons. The fourth-order valence-corrected chi connectivity index (χ4v) is 5.46. The van der Waals surface area contributed by atoms with Crippen LogP contribution in [0.1, 0.15) is 32.8 Å². The van der Waals surface area contributed by atoms with Gasteiger partial charge in [0.2, 0.25) is 7.37 Å². The fraction of sp³-hybridized carbons (Fsp3) is 0.368. The summed E-state index contributed by atoms with van der Waals surface area (Å²) in [6, 6.07) is 6.15. The van der Waals surface area contributed by atoms with Crippen molar-refractivity contribution in [1.29, 1.82) is 0 Å². The van der Waals surface area contributed by atoms with Crippen LogP contribution in [0.5, 0.6) is 11.5 Å². The quantitative estimate of drug-likeness (QED) is 0.243. The van der Waals surface area contributed by atoms with Crippen LogP contribution in [0, 0.1) is 10.1 Å². The van der Waals surface area contributed by atoms with Crippen LogP contribution in [0.2, 0.25) is 5.02 Å². The van der Waals surface area contributed by atoms with Gasteiger partial charge in [-0.3, -0.25) is 14.7 Å². The zero-order valence-corrected chi connectivity index (χ0v) is 18.1. The standard InChI is InChI=1S/C19H20ClF3NO5P/c1-4-12(3)30(27,28-5-2)18-11-14(7-8-16(18)24(25)26)29-17-9-6-13(10-15(17)20)19(21,22)23/h6-12H,4-5H2,1-3H3. The van der Waals surface area contributed by atoms with Crippen molar-refractivity contribution in [1.82, 2.24) is 0 Å². The third-order valence-electron chi connectivity index (χ3n) is 4.46. The zero-order chi connectivity index (χ0) is 22.7.